The van der Waals surface area contributed by atoms with Crippen LogP contribution in [0.1, 0.15) is 67.2 Å². The summed E-state index contributed by atoms with van der Waals surface area (Å²) < 4.78 is 5.56. The fourth-order valence-electron chi connectivity index (χ4n) is 5.34. The average Bonchev–Trinajstić information content (AvgIpc) is 3.25. The summed E-state index contributed by atoms with van der Waals surface area (Å²) >= 11 is 0. The molecule has 3 amide bonds. The highest BCUT2D eigenvalue weighted by Gasteiger charge is 2.71. The molecule has 2 bridgehead atoms. The first kappa shape index (κ1) is 19.1. The van der Waals surface area contributed by atoms with Crippen LogP contribution in [0.3, 0.4) is 0 Å². The lowest BCUT2D eigenvalue weighted by molar-refractivity contribution is -0.178. The standard InChI is InChI=1S/C22H24N2O6/c1-21(2,3)29-20(28)23-12-8-9-16(23)15-11-22(15,10-12)19(27)30-24-17(25)13-6-4-5-7-14(13)18(24)26/h4-7,12,15-16H,8-11H2,1-3H3/t12-,15+,16+,22-/m1/s1. The van der Waals surface area contributed by atoms with Gasteiger partial charge in [-0.2, -0.15) is 0 Å². The molecule has 1 aromatic rings. The number of ether oxygens (including phenoxy) is 1. The van der Waals surface area contributed by atoms with Gasteiger partial charge in [-0.15, -0.1) is 0 Å². The number of carbonyl (C=O) groups is 4. The van der Waals surface area contributed by atoms with E-state index in [0.717, 1.165) is 12.8 Å². The summed E-state index contributed by atoms with van der Waals surface area (Å²) in [5.41, 5.74) is -0.849. The first-order chi connectivity index (χ1) is 14.1. The molecule has 0 radical (unpaired) electrons. The van der Waals surface area contributed by atoms with E-state index in [2.05, 4.69) is 0 Å². The van der Waals surface area contributed by atoms with Crippen LogP contribution in [0.5, 0.6) is 0 Å². The van der Waals surface area contributed by atoms with Crippen LogP contribution < -0.4 is 0 Å². The predicted octanol–water partition coefficient (Wildman–Crippen LogP) is 2.92. The number of hydrogen-bond donors (Lipinski definition) is 0. The molecule has 2 saturated heterocycles. The predicted molar refractivity (Wildman–Crippen MR) is 103 cm³/mol. The summed E-state index contributed by atoms with van der Waals surface area (Å²) in [4.78, 5) is 58.0. The molecule has 8 nitrogen and oxygen atoms in total. The van der Waals surface area contributed by atoms with Crippen LogP contribution in [0.15, 0.2) is 24.3 Å². The first-order valence-electron chi connectivity index (χ1n) is 10.3. The number of amides is 3. The van der Waals surface area contributed by atoms with Crippen molar-refractivity contribution < 1.29 is 28.8 Å². The summed E-state index contributed by atoms with van der Waals surface area (Å²) in [5.74, 6) is -1.83. The molecule has 158 valence electrons. The zero-order valence-corrected chi connectivity index (χ0v) is 17.2. The normalized spacial score (nSPS) is 31.4. The zero-order valence-electron chi connectivity index (χ0n) is 17.2. The van der Waals surface area contributed by atoms with Crippen molar-refractivity contribution in [3.63, 3.8) is 0 Å². The molecule has 1 aromatic carbocycles. The SMILES string of the molecule is CC(C)(C)OC(=O)N1[C@@H]2CC[C@H]1[C@@H]1C[C@]1(C(=O)ON1C(=O)c3ccccc3C1=O)C2. The molecule has 4 atom stereocenters. The Balaban J connectivity index is 1.31. The highest BCUT2D eigenvalue weighted by molar-refractivity contribution is 6.21. The maximum atomic E-state index is 13.1. The lowest BCUT2D eigenvalue weighted by atomic mass is 9.90. The van der Waals surface area contributed by atoms with E-state index in [1.54, 1.807) is 29.2 Å². The maximum absolute atomic E-state index is 13.1. The van der Waals surface area contributed by atoms with Gasteiger partial charge in [0.05, 0.1) is 16.5 Å². The van der Waals surface area contributed by atoms with Crippen molar-refractivity contribution in [1.29, 1.82) is 0 Å². The van der Waals surface area contributed by atoms with Crippen LogP contribution >= 0.6 is 0 Å². The van der Waals surface area contributed by atoms with E-state index in [1.165, 1.54) is 0 Å². The van der Waals surface area contributed by atoms with Crippen molar-refractivity contribution in [3.8, 4) is 0 Å². The number of rotatable bonds is 2. The molecular weight excluding hydrogens is 388 g/mol. The van der Waals surface area contributed by atoms with Gasteiger partial charge in [0, 0.05) is 12.1 Å². The van der Waals surface area contributed by atoms with E-state index in [4.69, 9.17) is 9.57 Å². The number of benzene rings is 1. The largest absolute Gasteiger partial charge is 0.444 e. The highest BCUT2D eigenvalue weighted by atomic mass is 16.7. The summed E-state index contributed by atoms with van der Waals surface area (Å²) in [7, 11) is 0. The fourth-order valence-corrected chi connectivity index (χ4v) is 5.34. The molecule has 0 aromatic heterocycles. The van der Waals surface area contributed by atoms with Crippen LogP contribution in [-0.2, 0) is 14.4 Å². The number of hydrogen-bond acceptors (Lipinski definition) is 6. The van der Waals surface area contributed by atoms with Crippen LogP contribution in [0.4, 0.5) is 4.79 Å². The van der Waals surface area contributed by atoms with Gasteiger partial charge in [0.15, 0.2) is 0 Å². The second kappa shape index (κ2) is 6.06. The van der Waals surface area contributed by atoms with E-state index in [1.807, 2.05) is 20.8 Å². The molecule has 3 aliphatic heterocycles. The monoisotopic (exact) mass is 412 g/mol. The van der Waals surface area contributed by atoms with Gasteiger partial charge in [-0.25, -0.2) is 9.59 Å². The molecular formula is C22H24N2O6. The van der Waals surface area contributed by atoms with Gasteiger partial charge in [-0.3, -0.25) is 9.59 Å². The summed E-state index contributed by atoms with van der Waals surface area (Å²) in [6, 6.07) is 6.23. The third kappa shape index (κ3) is 2.66. The molecule has 4 aliphatic rings. The molecule has 3 fully saturated rings. The van der Waals surface area contributed by atoms with E-state index in [0.29, 0.717) is 17.9 Å². The highest BCUT2D eigenvalue weighted by Crippen LogP contribution is 2.66. The van der Waals surface area contributed by atoms with Crippen molar-refractivity contribution in [2.75, 3.05) is 0 Å². The average molecular weight is 412 g/mol. The maximum Gasteiger partial charge on any atom is 0.410 e. The van der Waals surface area contributed by atoms with Gasteiger partial charge in [0.1, 0.15) is 5.60 Å². The minimum atomic E-state index is -0.736. The Morgan fingerprint density at radius 3 is 2.27 bits per heavy atom. The van der Waals surface area contributed by atoms with Crippen molar-refractivity contribution >= 4 is 23.9 Å². The smallest absolute Gasteiger partial charge is 0.410 e. The van der Waals surface area contributed by atoms with Gasteiger partial charge in [0.25, 0.3) is 11.8 Å². The summed E-state index contributed by atoms with van der Waals surface area (Å²) in [5, 5.41) is 0.583. The fraction of sp³-hybridized carbons (Fsp3) is 0.545. The van der Waals surface area contributed by atoms with Crippen molar-refractivity contribution in [3.05, 3.63) is 35.4 Å². The van der Waals surface area contributed by atoms with Crippen LogP contribution in [0.25, 0.3) is 0 Å². The third-order valence-corrected chi connectivity index (χ3v) is 6.69. The Morgan fingerprint density at radius 1 is 1.03 bits per heavy atom. The molecule has 5 rings (SSSR count). The van der Waals surface area contributed by atoms with Crippen LogP contribution in [0.2, 0.25) is 0 Å². The summed E-state index contributed by atoms with van der Waals surface area (Å²) in [6.45, 7) is 5.49. The van der Waals surface area contributed by atoms with Crippen molar-refractivity contribution in [2.45, 2.75) is 64.1 Å². The number of carbonyl (C=O) groups excluding carboxylic acids is 4. The van der Waals surface area contributed by atoms with Crippen molar-refractivity contribution in [2.24, 2.45) is 11.3 Å². The third-order valence-electron chi connectivity index (χ3n) is 6.69. The van der Waals surface area contributed by atoms with Gasteiger partial charge < -0.3 is 14.5 Å². The molecule has 1 saturated carbocycles. The van der Waals surface area contributed by atoms with Gasteiger partial charge in [0.2, 0.25) is 0 Å². The van der Waals surface area contributed by atoms with Crippen LogP contribution in [0, 0.1) is 11.3 Å². The van der Waals surface area contributed by atoms with E-state index in [9.17, 15) is 19.2 Å². The van der Waals surface area contributed by atoms with Gasteiger partial charge in [-0.05, 0) is 64.5 Å². The Hall–Kier alpha value is -2.90. The Kier molecular flexibility index (Phi) is 3.85. The van der Waals surface area contributed by atoms with Gasteiger partial charge >= 0.3 is 12.1 Å². The van der Waals surface area contributed by atoms with E-state index in [-0.39, 0.29) is 35.2 Å². The molecule has 0 spiro atoms. The number of piperidine rings is 1. The van der Waals surface area contributed by atoms with Crippen LogP contribution in [-0.4, -0.2) is 51.5 Å². The summed E-state index contributed by atoms with van der Waals surface area (Å²) in [6.07, 6.45) is 2.34. The lowest BCUT2D eigenvalue weighted by Crippen LogP contribution is -2.51. The van der Waals surface area contributed by atoms with E-state index < -0.39 is 28.8 Å². The molecule has 0 N–H and O–H groups in total. The molecule has 0 unspecified atom stereocenters. The number of hydroxylamine groups is 2. The Labute approximate surface area is 174 Å². The van der Waals surface area contributed by atoms with E-state index >= 15 is 0 Å². The number of fused-ring (bicyclic) bond motifs is 5. The topological polar surface area (TPSA) is 93.2 Å². The molecule has 3 heterocycles. The Morgan fingerprint density at radius 2 is 1.67 bits per heavy atom. The molecule has 1 aliphatic carbocycles. The quantitative estimate of drug-likeness (QED) is 0.694. The second-order valence-electron chi connectivity index (χ2n) is 9.69. The number of imide groups is 1. The zero-order chi connectivity index (χ0) is 21.4. The van der Waals surface area contributed by atoms with Crippen molar-refractivity contribution in [1.82, 2.24) is 9.96 Å². The lowest BCUT2D eigenvalue weighted by Gasteiger charge is -2.38. The van der Waals surface area contributed by atoms with Gasteiger partial charge in [-0.1, -0.05) is 17.2 Å². The Bertz CT molecular complexity index is 947. The first-order valence-corrected chi connectivity index (χ1v) is 10.3. The molecule has 8 heteroatoms. The minimum absolute atomic E-state index is 0.0357. The molecule has 30 heavy (non-hydrogen) atoms. The minimum Gasteiger partial charge on any atom is -0.444 e. The second-order valence-corrected chi connectivity index (χ2v) is 9.69. The number of nitrogens with zero attached hydrogens (tertiary/aromatic N) is 2.